The van der Waals surface area contributed by atoms with Crippen LogP contribution in [0.3, 0.4) is 0 Å². The van der Waals surface area contributed by atoms with E-state index in [4.69, 9.17) is 20.3 Å². The molecule has 0 saturated carbocycles. The highest BCUT2D eigenvalue weighted by molar-refractivity contribution is 5.70. The lowest BCUT2D eigenvalue weighted by molar-refractivity contribution is -0.139. The molecule has 110 valence electrons. The van der Waals surface area contributed by atoms with Gasteiger partial charge in [0.2, 0.25) is 0 Å². The third-order valence-electron chi connectivity index (χ3n) is 2.56. The molecule has 0 aromatic rings. The van der Waals surface area contributed by atoms with E-state index < -0.39 is 23.2 Å². The molecule has 0 bridgehead atoms. The van der Waals surface area contributed by atoms with Crippen molar-refractivity contribution in [3.05, 3.63) is 0 Å². The fourth-order valence-corrected chi connectivity index (χ4v) is 1.85. The highest BCUT2D eigenvalue weighted by atomic mass is 16.6. The number of nitrogens with two attached hydrogens (primary N) is 1. The molecule has 1 aliphatic rings. The Balaban J connectivity index is 2.73. The Morgan fingerprint density at radius 1 is 1.47 bits per heavy atom. The van der Waals surface area contributed by atoms with Crippen molar-refractivity contribution in [2.24, 2.45) is 5.73 Å². The van der Waals surface area contributed by atoms with Crippen molar-refractivity contribution in [2.75, 3.05) is 26.3 Å². The molecule has 1 heterocycles. The molecule has 1 aliphatic heterocycles. The van der Waals surface area contributed by atoms with Gasteiger partial charge >= 0.3 is 12.1 Å². The van der Waals surface area contributed by atoms with E-state index in [1.807, 2.05) is 0 Å². The molecule has 1 atom stereocenters. The minimum Gasteiger partial charge on any atom is -0.481 e. The van der Waals surface area contributed by atoms with Crippen LogP contribution in [0.4, 0.5) is 4.79 Å². The van der Waals surface area contributed by atoms with Crippen LogP contribution in [0.15, 0.2) is 0 Å². The smallest absolute Gasteiger partial charge is 0.410 e. The van der Waals surface area contributed by atoms with Crippen molar-refractivity contribution in [1.82, 2.24) is 4.90 Å². The Labute approximate surface area is 112 Å². The first-order valence-electron chi connectivity index (χ1n) is 6.18. The van der Waals surface area contributed by atoms with Crippen molar-refractivity contribution in [1.29, 1.82) is 0 Å². The number of hydrogen-bond acceptors (Lipinski definition) is 5. The van der Waals surface area contributed by atoms with Crippen molar-refractivity contribution in [3.63, 3.8) is 0 Å². The zero-order valence-electron chi connectivity index (χ0n) is 11.6. The van der Waals surface area contributed by atoms with E-state index in [0.29, 0.717) is 13.2 Å². The Bertz CT molecular complexity index is 353. The zero-order valence-corrected chi connectivity index (χ0v) is 11.6. The van der Waals surface area contributed by atoms with Crippen LogP contribution in [0.25, 0.3) is 0 Å². The zero-order chi connectivity index (χ0) is 14.7. The van der Waals surface area contributed by atoms with Gasteiger partial charge in [-0.15, -0.1) is 0 Å². The summed E-state index contributed by atoms with van der Waals surface area (Å²) < 4.78 is 10.5. The number of hydrogen-bond donors (Lipinski definition) is 2. The Hall–Kier alpha value is -1.34. The summed E-state index contributed by atoms with van der Waals surface area (Å²) in [7, 11) is 0. The molecule has 0 radical (unpaired) electrons. The largest absolute Gasteiger partial charge is 0.481 e. The van der Waals surface area contributed by atoms with Crippen molar-refractivity contribution < 1.29 is 24.2 Å². The molecule has 1 amide bonds. The molecule has 0 aliphatic carbocycles. The second-order valence-electron chi connectivity index (χ2n) is 5.89. The van der Waals surface area contributed by atoms with Crippen LogP contribution < -0.4 is 5.73 Å². The molecule has 3 N–H and O–H groups in total. The van der Waals surface area contributed by atoms with Gasteiger partial charge in [0.15, 0.2) is 0 Å². The van der Waals surface area contributed by atoms with E-state index in [9.17, 15) is 9.59 Å². The van der Waals surface area contributed by atoms with Crippen LogP contribution in [0.5, 0.6) is 0 Å². The predicted octanol–water partition coefficient (Wildman–Crippen LogP) is 0.426. The minimum absolute atomic E-state index is 0.105. The molecule has 1 unspecified atom stereocenters. The van der Waals surface area contributed by atoms with Gasteiger partial charge in [0.05, 0.1) is 25.2 Å². The molecule has 1 rings (SSSR count). The number of rotatable bonds is 2. The maximum Gasteiger partial charge on any atom is 0.410 e. The van der Waals surface area contributed by atoms with E-state index >= 15 is 0 Å². The first-order valence-corrected chi connectivity index (χ1v) is 6.18. The lowest BCUT2D eigenvalue weighted by Crippen LogP contribution is -2.54. The van der Waals surface area contributed by atoms with E-state index in [-0.39, 0.29) is 19.6 Å². The average molecular weight is 274 g/mol. The molecule has 1 saturated heterocycles. The van der Waals surface area contributed by atoms with Crippen molar-refractivity contribution in [2.45, 2.75) is 38.3 Å². The summed E-state index contributed by atoms with van der Waals surface area (Å²) in [5.41, 5.74) is 4.31. The monoisotopic (exact) mass is 274 g/mol. The second kappa shape index (κ2) is 5.75. The van der Waals surface area contributed by atoms with Gasteiger partial charge in [-0.3, -0.25) is 4.79 Å². The van der Waals surface area contributed by atoms with Crippen molar-refractivity contribution in [3.8, 4) is 0 Å². The van der Waals surface area contributed by atoms with E-state index in [1.165, 1.54) is 4.90 Å². The quantitative estimate of drug-likeness (QED) is 0.757. The number of ether oxygens (including phenoxy) is 2. The van der Waals surface area contributed by atoms with Gasteiger partial charge in [-0.1, -0.05) is 0 Å². The minimum atomic E-state index is -1.08. The molecule has 1 fully saturated rings. The third kappa shape index (κ3) is 5.44. The Morgan fingerprint density at radius 3 is 2.63 bits per heavy atom. The molecule has 19 heavy (non-hydrogen) atoms. The number of carbonyl (C=O) groups excluding carboxylic acids is 1. The first-order chi connectivity index (χ1) is 8.61. The topological polar surface area (TPSA) is 102 Å². The summed E-state index contributed by atoms with van der Waals surface area (Å²) >= 11 is 0. The Morgan fingerprint density at radius 2 is 2.11 bits per heavy atom. The average Bonchev–Trinajstić information content (AvgIpc) is 2.36. The number of carbonyl (C=O) groups is 2. The van der Waals surface area contributed by atoms with Gasteiger partial charge in [0.1, 0.15) is 5.60 Å². The second-order valence-corrected chi connectivity index (χ2v) is 5.89. The SMILES string of the molecule is CC(C)(C)OC(=O)N1CCOCC(N)(CC(=O)O)C1. The highest BCUT2D eigenvalue weighted by Crippen LogP contribution is 2.17. The predicted molar refractivity (Wildman–Crippen MR) is 67.8 cm³/mol. The first kappa shape index (κ1) is 15.7. The molecule has 7 nitrogen and oxygen atoms in total. The van der Waals surface area contributed by atoms with Gasteiger partial charge in [-0.2, -0.15) is 0 Å². The fraction of sp³-hybridized carbons (Fsp3) is 0.833. The van der Waals surface area contributed by atoms with Crippen molar-refractivity contribution >= 4 is 12.1 Å². The third-order valence-corrected chi connectivity index (χ3v) is 2.56. The van der Waals surface area contributed by atoms with Crippen LogP contribution in [-0.2, 0) is 14.3 Å². The van der Waals surface area contributed by atoms with Gasteiger partial charge in [0.25, 0.3) is 0 Å². The number of nitrogens with zero attached hydrogens (tertiary/aromatic N) is 1. The molecule has 0 aromatic heterocycles. The van der Waals surface area contributed by atoms with Gasteiger partial charge in [-0.05, 0) is 20.8 Å². The lowest BCUT2D eigenvalue weighted by atomic mass is 9.97. The Kier molecular flexibility index (Phi) is 4.75. The van der Waals surface area contributed by atoms with Crippen LogP contribution in [0.1, 0.15) is 27.2 Å². The maximum atomic E-state index is 12.0. The summed E-state index contributed by atoms with van der Waals surface area (Å²) in [4.78, 5) is 24.2. The van der Waals surface area contributed by atoms with Gasteiger partial charge in [-0.25, -0.2) is 4.79 Å². The molecule has 0 aromatic carbocycles. The van der Waals surface area contributed by atoms with Crippen LogP contribution in [-0.4, -0.2) is 59.5 Å². The van der Waals surface area contributed by atoms with E-state index in [1.54, 1.807) is 20.8 Å². The summed E-state index contributed by atoms with van der Waals surface area (Å²) in [6, 6.07) is 0. The standard InChI is InChI=1S/C12H22N2O5/c1-11(2,3)19-10(17)14-4-5-18-8-12(13,7-14)6-9(15)16/h4-8,13H2,1-3H3,(H,15,16). The maximum absolute atomic E-state index is 12.0. The molecule has 0 spiro atoms. The number of carboxylic acids is 1. The summed E-state index contributed by atoms with van der Waals surface area (Å²) in [5, 5.41) is 8.86. The molecular formula is C12H22N2O5. The normalized spacial score (nSPS) is 24.7. The molecule has 7 heteroatoms. The number of amides is 1. The fourth-order valence-electron chi connectivity index (χ4n) is 1.85. The molecular weight excluding hydrogens is 252 g/mol. The summed E-state index contributed by atoms with van der Waals surface area (Å²) in [5.74, 6) is -1.02. The van der Waals surface area contributed by atoms with Gasteiger partial charge < -0.3 is 25.2 Å². The van der Waals surface area contributed by atoms with Crippen LogP contribution in [0, 0.1) is 0 Å². The number of aliphatic carboxylic acids is 1. The van der Waals surface area contributed by atoms with E-state index in [0.717, 1.165) is 0 Å². The van der Waals surface area contributed by atoms with E-state index in [2.05, 4.69) is 0 Å². The number of carboxylic acid groups (broad SMARTS) is 1. The lowest BCUT2D eigenvalue weighted by Gasteiger charge is -2.32. The highest BCUT2D eigenvalue weighted by Gasteiger charge is 2.36. The van der Waals surface area contributed by atoms with Crippen LogP contribution in [0.2, 0.25) is 0 Å². The summed E-state index contributed by atoms with van der Waals surface area (Å²) in [6.45, 7) is 6.18. The van der Waals surface area contributed by atoms with Crippen LogP contribution >= 0.6 is 0 Å². The van der Waals surface area contributed by atoms with Gasteiger partial charge in [0, 0.05) is 13.1 Å². The summed E-state index contributed by atoms with van der Waals surface area (Å²) in [6.07, 6.45) is -0.759.